The van der Waals surface area contributed by atoms with E-state index in [1.807, 2.05) is 11.8 Å². The van der Waals surface area contributed by atoms with E-state index in [0.29, 0.717) is 17.2 Å². The fourth-order valence-electron chi connectivity index (χ4n) is 1.16. The minimum atomic E-state index is 0.347. The van der Waals surface area contributed by atoms with Gasteiger partial charge in [0.1, 0.15) is 0 Å². The zero-order valence-corrected chi connectivity index (χ0v) is 8.58. The lowest BCUT2D eigenvalue weighted by molar-refractivity contribution is 0.548. The summed E-state index contributed by atoms with van der Waals surface area (Å²) in [5.41, 5.74) is 0. The van der Waals surface area contributed by atoms with E-state index in [9.17, 15) is 0 Å². The molecule has 3 heteroatoms. The first-order valence-electron chi connectivity index (χ1n) is 4.38. The van der Waals surface area contributed by atoms with Crippen LogP contribution in [0.25, 0.3) is 0 Å². The van der Waals surface area contributed by atoms with Gasteiger partial charge in [0, 0.05) is 17.3 Å². The molecule has 1 unspecified atom stereocenters. The topological polar surface area (TPSA) is 35.8 Å². The Kier molecular flexibility index (Phi) is 3.42. The van der Waals surface area contributed by atoms with Crippen LogP contribution in [0.1, 0.15) is 26.2 Å². The normalized spacial score (nSPS) is 21.4. The SMILES string of the molecule is CSC1(CNC(C)CC#N)CC1. The van der Waals surface area contributed by atoms with Gasteiger partial charge in [-0.05, 0) is 26.0 Å². The van der Waals surface area contributed by atoms with E-state index in [-0.39, 0.29) is 0 Å². The van der Waals surface area contributed by atoms with Crippen molar-refractivity contribution >= 4 is 11.8 Å². The summed E-state index contributed by atoms with van der Waals surface area (Å²) in [6.07, 6.45) is 5.45. The Labute approximate surface area is 78.7 Å². The van der Waals surface area contributed by atoms with Gasteiger partial charge in [0.05, 0.1) is 12.5 Å². The fraction of sp³-hybridized carbons (Fsp3) is 0.889. The Bertz CT molecular complexity index is 181. The third-order valence-corrected chi connectivity index (χ3v) is 3.83. The van der Waals surface area contributed by atoms with Crippen LogP contribution in [0.15, 0.2) is 0 Å². The summed E-state index contributed by atoms with van der Waals surface area (Å²) in [5, 5.41) is 11.8. The Balaban J connectivity index is 2.13. The molecule has 0 spiro atoms. The van der Waals surface area contributed by atoms with Crippen molar-refractivity contribution in [2.45, 2.75) is 37.0 Å². The maximum Gasteiger partial charge on any atom is 0.0638 e. The van der Waals surface area contributed by atoms with Gasteiger partial charge < -0.3 is 5.32 Å². The average molecular weight is 184 g/mol. The van der Waals surface area contributed by atoms with Gasteiger partial charge in [-0.25, -0.2) is 0 Å². The van der Waals surface area contributed by atoms with E-state index < -0.39 is 0 Å². The fourth-order valence-corrected chi connectivity index (χ4v) is 1.90. The van der Waals surface area contributed by atoms with Crippen LogP contribution < -0.4 is 5.32 Å². The molecular formula is C9H16N2S. The van der Waals surface area contributed by atoms with Gasteiger partial charge in [0.25, 0.3) is 0 Å². The smallest absolute Gasteiger partial charge is 0.0638 e. The molecule has 0 saturated heterocycles. The molecule has 0 amide bonds. The van der Waals surface area contributed by atoms with Gasteiger partial charge in [-0.2, -0.15) is 17.0 Å². The summed E-state index contributed by atoms with van der Waals surface area (Å²) < 4.78 is 0.518. The molecule has 12 heavy (non-hydrogen) atoms. The Morgan fingerprint density at radius 2 is 2.33 bits per heavy atom. The van der Waals surface area contributed by atoms with Gasteiger partial charge in [-0.1, -0.05) is 0 Å². The first-order valence-corrected chi connectivity index (χ1v) is 5.60. The van der Waals surface area contributed by atoms with Crippen molar-refractivity contribution in [2.75, 3.05) is 12.8 Å². The highest BCUT2D eigenvalue weighted by Crippen LogP contribution is 2.46. The van der Waals surface area contributed by atoms with E-state index >= 15 is 0 Å². The van der Waals surface area contributed by atoms with Crippen LogP contribution in [0, 0.1) is 11.3 Å². The molecule has 1 rings (SSSR count). The van der Waals surface area contributed by atoms with Gasteiger partial charge in [0.2, 0.25) is 0 Å². The summed E-state index contributed by atoms with van der Waals surface area (Å²) in [6.45, 7) is 3.14. The molecule has 0 bridgehead atoms. The highest BCUT2D eigenvalue weighted by molar-refractivity contribution is 8.00. The van der Waals surface area contributed by atoms with Gasteiger partial charge in [-0.3, -0.25) is 0 Å². The van der Waals surface area contributed by atoms with Crippen molar-refractivity contribution < 1.29 is 0 Å². The lowest BCUT2D eigenvalue weighted by atomic mass is 10.2. The second-order valence-corrected chi connectivity index (χ2v) is 4.81. The molecule has 0 aromatic rings. The van der Waals surface area contributed by atoms with Crippen molar-refractivity contribution in [3.63, 3.8) is 0 Å². The minimum Gasteiger partial charge on any atom is -0.312 e. The quantitative estimate of drug-likeness (QED) is 0.707. The first-order chi connectivity index (χ1) is 5.72. The number of nitrogens with zero attached hydrogens (tertiary/aromatic N) is 1. The van der Waals surface area contributed by atoms with E-state index in [0.717, 1.165) is 6.54 Å². The number of nitrogens with one attached hydrogen (secondary N) is 1. The summed E-state index contributed by atoms with van der Waals surface area (Å²) in [7, 11) is 0. The summed E-state index contributed by atoms with van der Waals surface area (Å²) >= 11 is 1.95. The van der Waals surface area contributed by atoms with E-state index in [1.165, 1.54) is 12.8 Å². The van der Waals surface area contributed by atoms with Gasteiger partial charge in [0.15, 0.2) is 0 Å². The van der Waals surface area contributed by atoms with Crippen LogP contribution in [0.2, 0.25) is 0 Å². The summed E-state index contributed by atoms with van der Waals surface area (Å²) in [6, 6.07) is 2.52. The zero-order chi connectivity index (χ0) is 9.03. The Morgan fingerprint density at radius 3 is 2.75 bits per heavy atom. The van der Waals surface area contributed by atoms with Crippen LogP contribution in [0.3, 0.4) is 0 Å². The molecule has 1 atom stereocenters. The molecule has 1 saturated carbocycles. The molecule has 0 radical (unpaired) electrons. The second-order valence-electron chi connectivity index (χ2n) is 3.53. The molecule has 0 aromatic heterocycles. The van der Waals surface area contributed by atoms with Crippen LogP contribution in [0.4, 0.5) is 0 Å². The van der Waals surface area contributed by atoms with Crippen LogP contribution in [-0.4, -0.2) is 23.6 Å². The number of hydrogen-bond acceptors (Lipinski definition) is 3. The molecule has 0 aliphatic heterocycles. The number of thioether (sulfide) groups is 1. The molecule has 0 aromatic carbocycles. The predicted molar refractivity (Wildman–Crippen MR) is 53.2 cm³/mol. The zero-order valence-electron chi connectivity index (χ0n) is 7.76. The van der Waals surface area contributed by atoms with Gasteiger partial charge >= 0.3 is 0 Å². The highest BCUT2D eigenvalue weighted by Gasteiger charge is 2.41. The Hall–Kier alpha value is -0.200. The average Bonchev–Trinajstić information content (AvgIpc) is 2.82. The van der Waals surface area contributed by atoms with Crippen LogP contribution in [0.5, 0.6) is 0 Å². The molecule has 2 nitrogen and oxygen atoms in total. The number of hydrogen-bond donors (Lipinski definition) is 1. The van der Waals surface area contributed by atoms with Crippen LogP contribution in [-0.2, 0) is 0 Å². The van der Waals surface area contributed by atoms with Crippen molar-refractivity contribution in [2.24, 2.45) is 0 Å². The van der Waals surface area contributed by atoms with E-state index in [1.54, 1.807) is 0 Å². The second kappa shape index (κ2) is 4.15. The molecule has 68 valence electrons. The number of nitriles is 1. The van der Waals surface area contributed by atoms with Crippen molar-refractivity contribution in [3.05, 3.63) is 0 Å². The summed E-state index contributed by atoms with van der Waals surface area (Å²) in [5.74, 6) is 0. The maximum absolute atomic E-state index is 8.44. The van der Waals surface area contributed by atoms with E-state index in [4.69, 9.17) is 5.26 Å². The molecule has 1 N–H and O–H groups in total. The monoisotopic (exact) mass is 184 g/mol. The third kappa shape index (κ3) is 2.69. The molecule has 0 heterocycles. The lowest BCUT2D eigenvalue weighted by Gasteiger charge is -2.16. The highest BCUT2D eigenvalue weighted by atomic mass is 32.2. The molecule has 1 aliphatic rings. The van der Waals surface area contributed by atoms with E-state index in [2.05, 4.69) is 24.6 Å². The standard InChI is InChI=1S/C9H16N2S/c1-8(3-6-10)11-7-9(12-2)4-5-9/h8,11H,3-5,7H2,1-2H3. The largest absolute Gasteiger partial charge is 0.312 e. The first kappa shape index (κ1) is 9.88. The molecule has 1 aliphatic carbocycles. The minimum absolute atomic E-state index is 0.347. The lowest BCUT2D eigenvalue weighted by Crippen LogP contribution is -2.33. The van der Waals surface area contributed by atoms with Crippen molar-refractivity contribution in [1.29, 1.82) is 5.26 Å². The Morgan fingerprint density at radius 1 is 1.67 bits per heavy atom. The van der Waals surface area contributed by atoms with Crippen molar-refractivity contribution in [1.82, 2.24) is 5.32 Å². The summed E-state index contributed by atoms with van der Waals surface area (Å²) in [4.78, 5) is 0. The van der Waals surface area contributed by atoms with Gasteiger partial charge in [-0.15, -0.1) is 0 Å². The van der Waals surface area contributed by atoms with Crippen LogP contribution >= 0.6 is 11.8 Å². The third-order valence-electron chi connectivity index (χ3n) is 2.41. The maximum atomic E-state index is 8.44. The number of rotatable bonds is 5. The molecular weight excluding hydrogens is 168 g/mol. The van der Waals surface area contributed by atoms with Crippen molar-refractivity contribution in [3.8, 4) is 6.07 Å². The molecule has 1 fully saturated rings. The predicted octanol–water partition coefficient (Wildman–Crippen LogP) is 1.77.